The smallest absolute Gasteiger partial charge is 0.258 e. The summed E-state index contributed by atoms with van der Waals surface area (Å²) in [5.41, 5.74) is 4.02. The fraction of sp³-hybridized carbons (Fsp3) is 0.278. The summed E-state index contributed by atoms with van der Waals surface area (Å²) in [6, 6.07) is 7.56. The van der Waals surface area contributed by atoms with E-state index >= 15 is 0 Å². The van der Waals surface area contributed by atoms with Gasteiger partial charge in [-0.05, 0) is 42.5 Å². The first-order valence-corrected chi connectivity index (χ1v) is 9.34. The van der Waals surface area contributed by atoms with Crippen LogP contribution in [0.2, 0.25) is 5.02 Å². The van der Waals surface area contributed by atoms with Crippen LogP contribution in [0.1, 0.15) is 28.8 Å². The minimum atomic E-state index is -0.290. The predicted molar refractivity (Wildman–Crippen MR) is 98.3 cm³/mol. The fourth-order valence-corrected chi connectivity index (χ4v) is 3.38. The van der Waals surface area contributed by atoms with E-state index in [9.17, 15) is 4.79 Å². The van der Waals surface area contributed by atoms with E-state index in [1.165, 1.54) is 12.8 Å². The van der Waals surface area contributed by atoms with Crippen LogP contribution >= 0.6 is 22.9 Å². The topological polar surface area (TPSA) is 64.1 Å². The Hall–Kier alpha value is -2.18. The molecule has 2 heterocycles. The van der Waals surface area contributed by atoms with Crippen molar-refractivity contribution in [3.8, 4) is 5.88 Å². The van der Waals surface area contributed by atoms with Crippen LogP contribution in [0.15, 0.2) is 36.0 Å². The molecule has 128 valence electrons. The van der Waals surface area contributed by atoms with E-state index in [0.29, 0.717) is 35.5 Å². The van der Waals surface area contributed by atoms with E-state index in [1.54, 1.807) is 23.6 Å². The summed E-state index contributed by atoms with van der Waals surface area (Å²) in [4.78, 5) is 21.1. The van der Waals surface area contributed by atoms with Crippen LogP contribution in [0, 0.1) is 5.92 Å². The van der Waals surface area contributed by atoms with Gasteiger partial charge in [-0.1, -0.05) is 17.7 Å². The van der Waals surface area contributed by atoms with Crippen molar-refractivity contribution in [3.05, 3.63) is 52.1 Å². The highest BCUT2D eigenvalue weighted by atomic mass is 35.5. The Morgan fingerprint density at radius 2 is 2.20 bits per heavy atom. The van der Waals surface area contributed by atoms with Crippen LogP contribution in [0.4, 0.5) is 0 Å². The monoisotopic (exact) mass is 373 g/mol. The molecular formula is C18H16ClN3O2S. The number of nitrogens with one attached hydrogen (secondary N) is 1. The molecule has 0 bridgehead atoms. The van der Waals surface area contributed by atoms with Gasteiger partial charge in [-0.25, -0.2) is 9.97 Å². The summed E-state index contributed by atoms with van der Waals surface area (Å²) in [5, 5.41) is 3.23. The van der Waals surface area contributed by atoms with Crippen molar-refractivity contribution in [2.75, 3.05) is 6.61 Å². The molecule has 1 N–H and O–H groups in total. The molecule has 0 radical (unpaired) electrons. The maximum Gasteiger partial charge on any atom is 0.258 e. The van der Waals surface area contributed by atoms with Crippen molar-refractivity contribution in [2.45, 2.75) is 19.4 Å². The molecule has 2 aromatic heterocycles. The molecule has 25 heavy (non-hydrogen) atoms. The lowest BCUT2D eigenvalue weighted by Crippen LogP contribution is -2.24. The van der Waals surface area contributed by atoms with Gasteiger partial charge in [0.05, 0.1) is 27.4 Å². The Balaban J connectivity index is 1.47. The van der Waals surface area contributed by atoms with Crippen LogP contribution in [0.25, 0.3) is 10.2 Å². The number of aromatic nitrogens is 2. The summed E-state index contributed by atoms with van der Waals surface area (Å²) in [6.07, 6.45) is 3.89. The quantitative estimate of drug-likeness (QED) is 0.707. The molecule has 1 aliphatic rings. The third-order valence-corrected chi connectivity index (χ3v) is 5.22. The van der Waals surface area contributed by atoms with E-state index in [1.807, 2.05) is 23.7 Å². The number of pyridine rings is 1. The molecule has 1 aliphatic carbocycles. The van der Waals surface area contributed by atoms with Gasteiger partial charge >= 0.3 is 0 Å². The zero-order valence-electron chi connectivity index (χ0n) is 13.4. The molecular weight excluding hydrogens is 358 g/mol. The average Bonchev–Trinajstić information content (AvgIpc) is 3.33. The largest absolute Gasteiger partial charge is 0.477 e. The first-order valence-electron chi connectivity index (χ1n) is 8.08. The average molecular weight is 374 g/mol. The molecule has 1 amide bonds. The number of hydrogen-bond acceptors (Lipinski definition) is 5. The number of halogens is 1. The van der Waals surface area contributed by atoms with Crippen LogP contribution in [0.3, 0.4) is 0 Å². The second-order valence-corrected chi connectivity index (χ2v) is 7.36. The second kappa shape index (κ2) is 6.98. The highest BCUT2D eigenvalue weighted by Gasteiger charge is 2.24. The van der Waals surface area contributed by atoms with Gasteiger partial charge in [0.15, 0.2) is 0 Å². The van der Waals surface area contributed by atoms with Gasteiger partial charge in [-0.2, -0.15) is 0 Å². The van der Waals surface area contributed by atoms with Gasteiger partial charge in [-0.15, -0.1) is 11.3 Å². The zero-order valence-corrected chi connectivity index (χ0v) is 14.9. The Morgan fingerprint density at radius 3 is 3.04 bits per heavy atom. The SMILES string of the molecule is O=C(NCc1ccc2scnc2c1)c1c(Cl)ccnc1OCC1CC1. The van der Waals surface area contributed by atoms with Gasteiger partial charge in [0.25, 0.3) is 5.91 Å². The minimum Gasteiger partial charge on any atom is -0.477 e. The van der Waals surface area contributed by atoms with Crippen molar-refractivity contribution >= 4 is 39.1 Å². The highest BCUT2D eigenvalue weighted by molar-refractivity contribution is 7.16. The van der Waals surface area contributed by atoms with Crippen molar-refractivity contribution in [1.82, 2.24) is 15.3 Å². The van der Waals surface area contributed by atoms with Crippen molar-refractivity contribution in [1.29, 1.82) is 0 Å². The fourth-order valence-electron chi connectivity index (χ4n) is 2.50. The van der Waals surface area contributed by atoms with Crippen molar-refractivity contribution in [2.24, 2.45) is 5.92 Å². The molecule has 0 unspecified atom stereocenters. The van der Waals surface area contributed by atoms with Crippen LogP contribution < -0.4 is 10.1 Å². The minimum absolute atomic E-state index is 0.290. The molecule has 0 spiro atoms. The number of carbonyl (C=O) groups is 1. The normalized spacial score (nSPS) is 13.8. The number of fused-ring (bicyclic) bond motifs is 1. The second-order valence-electron chi connectivity index (χ2n) is 6.06. The predicted octanol–water partition coefficient (Wildman–Crippen LogP) is 4.06. The molecule has 5 nitrogen and oxygen atoms in total. The van der Waals surface area contributed by atoms with Crippen molar-refractivity contribution in [3.63, 3.8) is 0 Å². The number of rotatable bonds is 6. The summed E-state index contributed by atoms with van der Waals surface area (Å²) in [7, 11) is 0. The number of amides is 1. The molecule has 4 rings (SSSR count). The Labute approximate surface area is 154 Å². The van der Waals surface area contributed by atoms with E-state index < -0.39 is 0 Å². The van der Waals surface area contributed by atoms with Crippen molar-refractivity contribution < 1.29 is 9.53 Å². The molecule has 0 aliphatic heterocycles. The number of hydrogen-bond donors (Lipinski definition) is 1. The third-order valence-electron chi connectivity index (χ3n) is 4.09. The number of nitrogens with zero attached hydrogens (tertiary/aromatic N) is 2. The molecule has 0 atom stereocenters. The molecule has 1 aromatic carbocycles. The number of benzene rings is 1. The third kappa shape index (κ3) is 3.75. The highest BCUT2D eigenvalue weighted by Crippen LogP contribution is 2.31. The Bertz CT molecular complexity index is 924. The Kier molecular flexibility index (Phi) is 4.55. The number of carbonyl (C=O) groups excluding carboxylic acids is 1. The summed E-state index contributed by atoms with van der Waals surface area (Å²) in [6.45, 7) is 0.966. The number of thiazole rings is 1. The maximum absolute atomic E-state index is 12.6. The number of ether oxygens (including phenoxy) is 1. The summed E-state index contributed by atoms with van der Waals surface area (Å²) < 4.78 is 6.82. The van der Waals surface area contributed by atoms with Gasteiger partial charge in [0, 0.05) is 12.7 Å². The van der Waals surface area contributed by atoms with Gasteiger partial charge in [-0.3, -0.25) is 4.79 Å². The lowest BCUT2D eigenvalue weighted by Gasteiger charge is -2.12. The van der Waals surface area contributed by atoms with Gasteiger partial charge in [0.1, 0.15) is 5.56 Å². The van der Waals surface area contributed by atoms with Crippen LogP contribution in [-0.2, 0) is 6.54 Å². The Morgan fingerprint density at radius 1 is 1.32 bits per heavy atom. The lowest BCUT2D eigenvalue weighted by atomic mass is 10.2. The first kappa shape index (κ1) is 16.3. The lowest BCUT2D eigenvalue weighted by molar-refractivity contribution is 0.0945. The van der Waals surface area contributed by atoms with E-state index in [-0.39, 0.29) is 5.91 Å². The molecule has 7 heteroatoms. The van der Waals surface area contributed by atoms with Gasteiger partial charge < -0.3 is 10.1 Å². The van der Waals surface area contributed by atoms with E-state index in [0.717, 1.165) is 15.8 Å². The zero-order chi connectivity index (χ0) is 17.2. The summed E-state index contributed by atoms with van der Waals surface area (Å²) >= 11 is 7.80. The molecule has 3 aromatic rings. The van der Waals surface area contributed by atoms with E-state index in [2.05, 4.69) is 15.3 Å². The molecule has 1 saturated carbocycles. The standard InChI is InChI=1S/C18H16ClN3O2S/c19-13-5-6-20-18(24-9-11-1-2-11)16(13)17(23)21-8-12-3-4-15-14(7-12)22-10-25-15/h3-7,10-11H,1-2,8-9H2,(H,21,23). The first-order chi connectivity index (χ1) is 12.2. The molecule has 1 fully saturated rings. The summed E-state index contributed by atoms with van der Waals surface area (Å²) in [5.74, 6) is 0.579. The maximum atomic E-state index is 12.6. The van der Waals surface area contributed by atoms with Gasteiger partial charge in [0.2, 0.25) is 5.88 Å². The molecule has 0 saturated heterocycles. The van der Waals surface area contributed by atoms with E-state index in [4.69, 9.17) is 16.3 Å². The van der Waals surface area contributed by atoms with Crippen LogP contribution in [0.5, 0.6) is 5.88 Å². The van der Waals surface area contributed by atoms with Crippen LogP contribution in [-0.4, -0.2) is 22.5 Å².